The van der Waals surface area contributed by atoms with E-state index in [1.807, 2.05) is 24.4 Å². The summed E-state index contributed by atoms with van der Waals surface area (Å²) in [7, 11) is -2.85. The minimum absolute atomic E-state index is 0. The minimum Gasteiger partial charge on any atom is -0.509 e. The Kier molecular flexibility index (Phi) is 14.1. The maximum absolute atomic E-state index is 6.91. The van der Waals surface area contributed by atoms with Crippen LogP contribution in [0.15, 0.2) is 255 Å². The predicted molar refractivity (Wildman–Crippen MR) is 336 cm³/mol. The van der Waals surface area contributed by atoms with Gasteiger partial charge in [0.2, 0.25) is 0 Å². The van der Waals surface area contributed by atoms with Gasteiger partial charge < -0.3 is 19.1 Å². The van der Waals surface area contributed by atoms with Crippen molar-refractivity contribution in [3.8, 4) is 39.6 Å². The molecular weight excluding hydrogens is 1180 g/mol. The first-order chi connectivity index (χ1) is 38.9. The van der Waals surface area contributed by atoms with Crippen LogP contribution in [-0.2, 0) is 31.9 Å². The van der Waals surface area contributed by atoms with E-state index in [2.05, 4.69) is 305 Å². The normalized spacial score (nSPS) is 12.6. The molecule has 0 saturated carbocycles. The van der Waals surface area contributed by atoms with Gasteiger partial charge in [0.15, 0.2) is 8.07 Å². The van der Waals surface area contributed by atoms with Gasteiger partial charge in [-0.25, -0.2) is 4.98 Å². The third-order valence-corrected chi connectivity index (χ3v) is 20.6. The average Bonchev–Trinajstić information content (AvgIpc) is 3.49. The molecule has 0 bridgehead atoms. The zero-order chi connectivity index (χ0) is 54.6. The molecule has 0 spiro atoms. The van der Waals surface area contributed by atoms with Crippen LogP contribution in [0, 0.1) is 18.8 Å². The van der Waals surface area contributed by atoms with Crippen LogP contribution in [0.25, 0.3) is 49.9 Å². The van der Waals surface area contributed by atoms with Crippen LogP contribution in [0.3, 0.4) is 0 Å². The summed E-state index contributed by atoms with van der Waals surface area (Å²) in [5.41, 5.74) is 13.0. The summed E-state index contributed by atoms with van der Waals surface area (Å²) in [6.07, 6.45) is 1.93. The molecule has 81 heavy (non-hydrogen) atoms. The zero-order valence-corrected chi connectivity index (χ0v) is 49.6. The fourth-order valence-electron chi connectivity index (χ4n) is 11.7. The molecule has 1 aliphatic heterocycles. The minimum atomic E-state index is -2.85. The van der Waals surface area contributed by atoms with Crippen LogP contribution in [0.5, 0.6) is 11.5 Å². The van der Waals surface area contributed by atoms with Gasteiger partial charge in [-0.15, -0.1) is 48.1 Å². The number of anilines is 4. The Balaban J connectivity index is 0.00000651. The van der Waals surface area contributed by atoms with Gasteiger partial charge in [-0.1, -0.05) is 223 Å². The largest absolute Gasteiger partial charge is 0.509 e. The summed E-state index contributed by atoms with van der Waals surface area (Å²) in [5.74, 6) is 1.99. The number of aromatic nitrogens is 2. The summed E-state index contributed by atoms with van der Waals surface area (Å²) in [5, 5.41) is 7.47. The number of ether oxygens (including phenoxy) is 1. The van der Waals surface area contributed by atoms with Crippen LogP contribution in [0.1, 0.15) is 52.7 Å². The Hall–Kier alpha value is -8.54. The smallest absolute Gasteiger partial charge is 0.179 e. The maximum atomic E-state index is 6.91. The molecule has 0 saturated heterocycles. The molecule has 0 atom stereocenters. The van der Waals surface area contributed by atoms with Crippen molar-refractivity contribution in [3.05, 3.63) is 285 Å². The second-order valence-electron chi connectivity index (χ2n) is 22.9. The number of benzene rings is 10. The Bertz CT molecular complexity index is 4130. The van der Waals surface area contributed by atoms with E-state index in [0.717, 1.165) is 61.5 Å². The predicted octanol–water partition coefficient (Wildman–Crippen LogP) is 16.3. The standard InChI is InChI=1S/C74H61N4OSi.Pt/c1-73(2,3)55-27-20-28-57(46-55)77-51-76(69-38-22-37-65(72(69)77)54-26-19-25-53(45-54)52-23-11-7-12-24-52)58-29-21-30-59(48-58)79-60-39-41-66-67-50-64(40-42-68(67)78(70(66)49-60)71-47-56(43-44-75-71)74(4,5)6)80(61-31-13-8-14-32-61,62-33-15-9-16-34-62)63-35-17-10-18-36-63;/h7-47,50-51H,1-6H3;/q-3;. The van der Waals surface area contributed by atoms with Crippen molar-refractivity contribution in [1.29, 1.82) is 0 Å². The number of para-hydroxylation sites is 1. The number of nitrogens with zero attached hydrogens (tertiary/aromatic N) is 4. The van der Waals surface area contributed by atoms with Gasteiger partial charge in [0.1, 0.15) is 5.82 Å². The molecule has 5 nitrogen and oxygen atoms in total. The second kappa shape index (κ2) is 21.5. The Morgan fingerprint density at radius 2 is 1.05 bits per heavy atom. The SMILES string of the molecule is CC(C)(C)c1cccc(N2[CH-]N(c3[c-]c(Oc4[c-]c5c(cc4)c4cc([Si](c6ccccc6)(c6ccccc6)c6ccccc6)ccc4n5-c4cc(C(C)(C)C)ccn4)ccc3)c3cccc(-c4cccc(-c5ccccc5)c4)c32)c1.[Pt]. The summed E-state index contributed by atoms with van der Waals surface area (Å²) in [6.45, 7) is 15.7. The van der Waals surface area contributed by atoms with Crippen molar-refractivity contribution >= 4 is 73.4 Å². The van der Waals surface area contributed by atoms with Crippen LogP contribution in [0.4, 0.5) is 22.7 Å². The molecule has 0 amide bonds. The van der Waals surface area contributed by atoms with Gasteiger partial charge in [-0.3, -0.25) is 0 Å². The number of hydrogen-bond donors (Lipinski definition) is 0. The van der Waals surface area contributed by atoms with E-state index < -0.39 is 8.07 Å². The first-order valence-electron chi connectivity index (χ1n) is 27.6. The van der Waals surface area contributed by atoms with Crippen LogP contribution >= 0.6 is 0 Å². The van der Waals surface area contributed by atoms with E-state index >= 15 is 0 Å². The molecule has 0 fully saturated rings. The molecule has 400 valence electrons. The van der Waals surface area contributed by atoms with Crippen molar-refractivity contribution in [2.45, 2.75) is 52.4 Å². The van der Waals surface area contributed by atoms with Crippen LogP contribution < -0.4 is 35.3 Å². The van der Waals surface area contributed by atoms with Gasteiger partial charge in [0.05, 0.1) is 0 Å². The Labute approximate surface area is 492 Å². The maximum Gasteiger partial charge on any atom is 0.179 e. The second-order valence-corrected chi connectivity index (χ2v) is 26.7. The summed E-state index contributed by atoms with van der Waals surface area (Å²) < 4.78 is 9.18. The fraction of sp³-hybridized carbons (Fsp3) is 0.108. The van der Waals surface area contributed by atoms with E-state index in [-0.39, 0.29) is 31.9 Å². The Morgan fingerprint density at radius 1 is 0.457 bits per heavy atom. The third kappa shape index (κ3) is 9.81. The molecule has 12 aromatic rings. The van der Waals surface area contributed by atoms with Gasteiger partial charge in [0, 0.05) is 66.9 Å². The van der Waals surface area contributed by atoms with Crippen molar-refractivity contribution in [2.75, 3.05) is 9.80 Å². The molecule has 0 N–H and O–H groups in total. The fourth-order valence-corrected chi connectivity index (χ4v) is 16.5. The van der Waals surface area contributed by atoms with Crippen molar-refractivity contribution in [2.24, 2.45) is 0 Å². The Morgan fingerprint density at radius 3 is 1.73 bits per heavy atom. The molecule has 0 unspecified atom stereocenters. The van der Waals surface area contributed by atoms with E-state index in [1.165, 1.54) is 43.0 Å². The van der Waals surface area contributed by atoms with E-state index in [0.29, 0.717) is 11.5 Å². The molecule has 3 heterocycles. The molecule has 1 aliphatic rings. The van der Waals surface area contributed by atoms with E-state index in [1.54, 1.807) is 0 Å². The van der Waals surface area contributed by atoms with Crippen molar-refractivity contribution < 1.29 is 25.8 Å². The molecule has 7 heteroatoms. The van der Waals surface area contributed by atoms with E-state index in [9.17, 15) is 0 Å². The molecular formula is C74H61N4OPtSi-3. The first kappa shape index (κ1) is 53.1. The quantitative estimate of drug-likeness (QED) is 0.0734. The number of rotatable bonds is 11. The van der Waals surface area contributed by atoms with Gasteiger partial charge in [-0.2, -0.15) is 12.1 Å². The number of fused-ring (bicyclic) bond motifs is 4. The zero-order valence-electron chi connectivity index (χ0n) is 46.3. The summed E-state index contributed by atoms with van der Waals surface area (Å²) in [4.78, 5) is 9.64. The molecule has 0 radical (unpaired) electrons. The molecule has 0 aliphatic carbocycles. The molecule has 2 aromatic heterocycles. The molecule has 13 rings (SSSR count). The van der Waals surface area contributed by atoms with Crippen molar-refractivity contribution in [1.82, 2.24) is 9.55 Å². The van der Waals surface area contributed by atoms with Gasteiger partial charge >= 0.3 is 0 Å². The average molecular weight is 1250 g/mol. The monoisotopic (exact) mass is 1240 g/mol. The third-order valence-electron chi connectivity index (χ3n) is 15.8. The van der Waals surface area contributed by atoms with Crippen LogP contribution in [-0.4, -0.2) is 17.6 Å². The van der Waals surface area contributed by atoms with Gasteiger partial charge in [-0.05, 0) is 107 Å². The number of hydrogen-bond acceptors (Lipinski definition) is 4. The van der Waals surface area contributed by atoms with Crippen LogP contribution in [0.2, 0.25) is 0 Å². The summed E-state index contributed by atoms with van der Waals surface area (Å²) in [6, 6.07) is 97.6. The summed E-state index contributed by atoms with van der Waals surface area (Å²) >= 11 is 0. The topological polar surface area (TPSA) is 33.5 Å². The number of pyridine rings is 1. The first-order valence-corrected chi connectivity index (χ1v) is 29.6. The van der Waals surface area contributed by atoms with Crippen molar-refractivity contribution in [3.63, 3.8) is 0 Å². The van der Waals surface area contributed by atoms with Gasteiger partial charge in [0.25, 0.3) is 0 Å². The van der Waals surface area contributed by atoms with E-state index in [4.69, 9.17) is 9.72 Å². The molecule has 10 aromatic carbocycles.